The average molecular weight is 1750 g/mol. The van der Waals surface area contributed by atoms with Gasteiger partial charge in [-0.15, -0.1) is 0 Å². The van der Waals surface area contributed by atoms with E-state index in [0.717, 1.165) is 0 Å². The molecule has 1 fully saturated rings. The summed E-state index contributed by atoms with van der Waals surface area (Å²) in [6.07, 6.45) is -3.43. The van der Waals surface area contributed by atoms with E-state index in [-0.39, 0.29) is 202 Å². The Morgan fingerprint density at radius 3 is 2.26 bits per heavy atom. The zero-order chi connectivity index (χ0) is 86.0. The molecule has 1 saturated heterocycles. The van der Waals surface area contributed by atoms with Gasteiger partial charge in [-0.2, -0.15) is 30.4 Å². The van der Waals surface area contributed by atoms with Gasteiger partial charge in [-0.3, -0.25) is 52.4 Å². The molecule has 3 aromatic carbocycles. The molecular formula is C66H82N17O30P3S2. The zero-order valence-electron chi connectivity index (χ0n) is 62.9. The van der Waals surface area contributed by atoms with Crippen LogP contribution in [0.3, 0.4) is 0 Å². The standard InChI is InChI=1S/C66H82N17O30P3S2/c1-4-70-47-19-17-45-57(46-18-20-48(71-5-2)61(118(100,101)102)59(46)111-58(45)60(47)117(97,98)99)43-14-6-7-15-44(43)65(89)82(3)26-10-16-51(84)74-25-28-104-30-29-103-27-21-52(85)73-23-24-75-63(87)40-11-8-13-42(33-40)107-38-54(79-81-69)106-32-31-105-37-53(86)72-22-9-12-41-35-83(62-56(41)64(88)78-66(67)77-62)55-34-49(108-39-76-80-68)50(110-55)36-109-115(93,94)113-116(95,96)112-114(90,91)92/h6-8,11,13-15,17-20,33,35,49-50,54-55,70H,4-5,10,16,21-32,34,36-39H2,1-3H3,(H,72,86)(H,73,85)(H,74,84)(H,75,87)(H,93,94)(H,95,96)(H2,90,91,92)(H,97,98,99)(H,100,101,102)(H3,67,77,78,88)/b71-48+. The van der Waals surface area contributed by atoms with Crippen molar-refractivity contribution in [2.75, 3.05) is 130 Å². The Morgan fingerprint density at radius 1 is 0.822 bits per heavy atom. The highest BCUT2D eigenvalue weighted by Gasteiger charge is 2.44. The minimum absolute atomic E-state index is 0.00150. The number of ether oxygens (including phenoxy) is 7. The van der Waals surface area contributed by atoms with Crippen LogP contribution in [-0.4, -0.2) is 232 Å². The Labute approximate surface area is 670 Å². The summed E-state index contributed by atoms with van der Waals surface area (Å²) >= 11 is 0. The topological polar surface area (TPSA) is 682 Å². The molecule has 0 spiro atoms. The minimum Gasteiger partial charge on any atom is -0.491 e. The number of H-pyrrole nitrogens is 1. The normalized spacial score (nSPS) is 15.7. The molecule has 5 aromatic rings. The van der Waals surface area contributed by atoms with E-state index in [2.05, 4.69) is 82.1 Å². The summed E-state index contributed by atoms with van der Waals surface area (Å²) in [6.45, 7) is 1.54. The Bertz CT molecular complexity index is 5480. The summed E-state index contributed by atoms with van der Waals surface area (Å²) in [5, 5.41) is 20.1. The van der Waals surface area contributed by atoms with Gasteiger partial charge in [0.05, 0.1) is 80.9 Å². The maximum atomic E-state index is 14.3. The van der Waals surface area contributed by atoms with Gasteiger partial charge >= 0.3 is 23.5 Å². The van der Waals surface area contributed by atoms with E-state index in [1.54, 1.807) is 38.1 Å². The number of amides is 5. The third kappa shape index (κ3) is 27.4. The van der Waals surface area contributed by atoms with E-state index >= 15 is 0 Å². The zero-order valence-corrected chi connectivity index (χ0v) is 67.2. The molecule has 2 aliphatic heterocycles. The molecule has 2 aromatic heterocycles. The van der Waals surface area contributed by atoms with E-state index < -0.39 is 133 Å². The second-order valence-electron chi connectivity index (χ2n) is 24.8. The fourth-order valence-corrected chi connectivity index (χ4v) is 16.2. The van der Waals surface area contributed by atoms with Gasteiger partial charge in [0, 0.05) is 109 Å². The van der Waals surface area contributed by atoms with Crippen LogP contribution in [0, 0.1) is 11.8 Å². The van der Waals surface area contributed by atoms with Gasteiger partial charge in [0.15, 0.2) is 33.0 Å². The van der Waals surface area contributed by atoms with Crippen LogP contribution in [0.25, 0.3) is 65.3 Å². The maximum Gasteiger partial charge on any atom is 0.490 e. The van der Waals surface area contributed by atoms with Gasteiger partial charge in [-0.05, 0) is 85.4 Å². The van der Waals surface area contributed by atoms with Crippen molar-refractivity contribution in [3.63, 3.8) is 0 Å². The molecule has 5 amide bonds. The van der Waals surface area contributed by atoms with E-state index in [9.17, 15) is 78.2 Å². The number of aromatic nitrogens is 3. The number of benzene rings is 4. The van der Waals surface area contributed by atoms with Crippen molar-refractivity contribution >= 4 is 107 Å². The highest BCUT2D eigenvalue weighted by atomic mass is 32.2. The van der Waals surface area contributed by atoms with Crippen molar-refractivity contribution in [1.82, 2.24) is 40.7 Å². The summed E-state index contributed by atoms with van der Waals surface area (Å²) in [6, 6.07) is 18.0. The summed E-state index contributed by atoms with van der Waals surface area (Å²) in [4.78, 5) is 132. The van der Waals surface area contributed by atoms with Crippen molar-refractivity contribution in [2.24, 2.45) is 15.2 Å². The lowest BCUT2D eigenvalue weighted by Crippen LogP contribution is -2.35. The lowest BCUT2D eigenvalue weighted by atomic mass is 9.90. The lowest BCUT2D eigenvalue weighted by molar-refractivity contribution is -0.126. The predicted octanol–water partition coefficient (Wildman–Crippen LogP) is 4.11. The number of carbonyl (C=O) groups excluding carboxylic acids is 5. The minimum atomic E-state index is -5.87. The number of rotatable bonds is 46. The quantitative estimate of drug-likeness (QED) is 0.00373. The fourth-order valence-electron chi connectivity index (χ4n) is 11.6. The molecule has 4 heterocycles. The molecule has 6 atom stereocenters. The molecule has 6 unspecified atom stereocenters. The molecule has 52 heteroatoms. The van der Waals surface area contributed by atoms with Gasteiger partial charge in [0.1, 0.15) is 38.0 Å². The average Bonchev–Trinajstić information content (AvgIpc) is 0.874. The monoisotopic (exact) mass is 1750 g/mol. The van der Waals surface area contributed by atoms with Crippen LogP contribution in [0.2, 0.25) is 0 Å². The molecule has 1 aliphatic carbocycles. The number of hydrogen-bond donors (Lipinski definition) is 13. The lowest BCUT2D eigenvalue weighted by Gasteiger charge is -2.23. The SMILES string of the molecule is CC/N=c1\ccc2c(-c3ccccc3C(=O)N(C)CCCC(=O)NCCOCCOCCC(=O)NCCNC(=O)c3cccc(OCC(N=[N+]=[N-])OCCOCC(=O)NCC#Cc4cn(C5CC(OCN=[N+]=[N-])C(COP(=O)(O)OP(=O)(O)OP(=O)(O)O)O5)c5nc(N)[nH]c(=O)c45)c3)c3ccc(NCC)c(S(=O)(=O)O)c3oc-2c1S(=O)(=O)O. The van der Waals surface area contributed by atoms with Crippen molar-refractivity contribution in [1.29, 1.82) is 0 Å². The number of fused-ring (bicyclic) bond motifs is 3. The molecule has 638 valence electrons. The van der Waals surface area contributed by atoms with Crippen LogP contribution in [0.1, 0.15) is 72.0 Å². The van der Waals surface area contributed by atoms with Gasteiger partial charge in [0.2, 0.25) is 23.7 Å². The number of anilines is 2. The summed E-state index contributed by atoms with van der Waals surface area (Å²) < 4.78 is 167. The first-order valence-corrected chi connectivity index (χ1v) is 42.7. The van der Waals surface area contributed by atoms with Gasteiger partial charge in [0.25, 0.3) is 37.6 Å². The van der Waals surface area contributed by atoms with Gasteiger partial charge in [-0.25, -0.2) is 13.7 Å². The Balaban J connectivity index is 0.684. The molecule has 14 N–H and O–H groups in total. The van der Waals surface area contributed by atoms with E-state index in [0.29, 0.717) is 0 Å². The van der Waals surface area contributed by atoms with Crippen molar-refractivity contribution in [3.8, 4) is 40.0 Å². The predicted molar refractivity (Wildman–Crippen MR) is 412 cm³/mol. The number of nitrogen functional groups attached to an aromatic ring is 1. The number of nitrogens with zero attached hydrogens (tertiary/aromatic N) is 10. The Morgan fingerprint density at radius 2 is 1.54 bits per heavy atom. The van der Waals surface area contributed by atoms with Crippen molar-refractivity contribution in [3.05, 3.63) is 132 Å². The molecule has 8 rings (SSSR count). The number of nitrogens with one attached hydrogen (secondary N) is 6. The largest absolute Gasteiger partial charge is 0.491 e. The first-order chi connectivity index (χ1) is 56.0. The van der Waals surface area contributed by atoms with Crippen LogP contribution in [-0.2, 0) is 89.9 Å². The second kappa shape index (κ2) is 43.4. The number of aromatic amines is 1. The number of nitrogens with two attached hydrogens (primary N) is 1. The smallest absolute Gasteiger partial charge is 0.490 e. The highest BCUT2D eigenvalue weighted by molar-refractivity contribution is 7.86. The van der Waals surface area contributed by atoms with Crippen LogP contribution in [0.5, 0.6) is 5.75 Å². The molecule has 0 radical (unpaired) electrons. The third-order valence-corrected chi connectivity index (χ3v) is 22.1. The summed E-state index contributed by atoms with van der Waals surface area (Å²) in [5.74, 6) is 2.50. The first-order valence-electron chi connectivity index (χ1n) is 35.3. The summed E-state index contributed by atoms with van der Waals surface area (Å²) in [7, 11) is -25.9. The van der Waals surface area contributed by atoms with Gasteiger partial charge in [-0.1, -0.05) is 46.3 Å². The maximum absolute atomic E-state index is 14.3. The van der Waals surface area contributed by atoms with E-state index in [1.165, 1.54) is 71.2 Å². The van der Waals surface area contributed by atoms with Crippen LogP contribution in [0.15, 0.2) is 113 Å². The molecule has 0 saturated carbocycles. The molecular weight excluding hydrogens is 1670 g/mol. The van der Waals surface area contributed by atoms with E-state index in [1.807, 2.05) is 0 Å². The molecule has 118 heavy (non-hydrogen) atoms. The van der Waals surface area contributed by atoms with Crippen LogP contribution in [0.4, 0.5) is 11.6 Å². The number of phosphoric acid groups is 3. The second-order valence-corrected chi connectivity index (χ2v) is 31.9. The van der Waals surface area contributed by atoms with Crippen molar-refractivity contribution < 1.29 is 134 Å². The number of phosphoric ester groups is 1. The van der Waals surface area contributed by atoms with E-state index in [4.69, 9.17) is 68.7 Å². The van der Waals surface area contributed by atoms with Crippen molar-refractivity contribution in [2.45, 2.75) is 74.0 Å². The summed E-state index contributed by atoms with van der Waals surface area (Å²) in [5.41, 5.74) is 23.1. The van der Waals surface area contributed by atoms with Gasteiger partial charge < -0.3 is 98.9 Å². The van der Waals surface area contributed by atoms with Crippen LogP contribution < -0.4 is 48.0 Å². The molecule has 3 aliphatic rings. The Hall–Kier alpha value is -10.3. The first kappa shape index (κ1) is 93.2. The fraction of sp³-hybridized carbons (Fsp3) is 0.424. The number of azide groups is 2. The highest BCUT2D eigenvalue weighted by Crippen LogP contribution is 2.66. The Kier molecular flexibility index (Phi) is 34.3. The number of carbonyl (C=O) groups is 5. The molecule has 0 bridgehead atoms. The third-order valence-electron chi connectivity index (χ3n) is 16.4. The van der Waals surface area contributed by atoms with Crippen LogP contribution >= 0.6 is 23.5 Å². The number of hydrogen-bond acceptors (Lipinski definition) is 30. The molecule has 47 nitrogen and oxygen atoms in total.